The summed E-state index contributed by atoms with van der Waals surface area (Å²) in [6.07, 6.45) is -12.2. The Morgan fingerprint density at radius 2 is 1.57 bits per heavy atom. The first-order valence-electron chi connectivity index (χ1n) is 3.11. The van der Waals surface area contributed by atoms with Gasteiger partial charge >= 0.3 is 24.3 Å². The topological polar surface area (TPSA) is 35.5 Å². The normalized spacial score (nSPS) is 34.4. The van der Waals surface area contributed by atoms with Gasteiger partial charge in [0.25, 0.3) is 0 Å². The maximum absolute atomic E-state index is 12.8. The van der Waals surface area contributed by atoms with Crippen molar-refractivity contribution >= 4 is 6.04 Å². The lowest BCUT2D eigenvalue weighted by Gasteiger charge is -2.19. The summed E-state index contributed by atoms with van der Waals surface area (Å²) in [6.45, 7) is 0. The highest BCUT2D eigenvalue weighted by Gasteiger charge is 2.73. The molecule has 0 aliphatic carbocycles. The lowest BCUT2D eigenvalue weighted by molar-refractivity contribution is -0.386. The molecule has 0 N–H and O–H groups in total. The van der Waals surface area contributed by atoms with Gasteiger partial charge in [-0.15, -0.1) is 8.78 Å². The Bertz CT molecular complexity index is 266. The van der Waals surface area contributed by atoms with Crippen LogP contribution in [0.15, 0.2) is 0 Å². The second-order valence-corrected chi connectivity index (χ2v) is 2.44. The summed E-state index contributed by atoms with van der Waals surface area (Å²) in [4.78, 5) is 9.68. The highest BCUT2D eigenvalue weighted by atomic mass is 19.3. The van der Waals surface area contributed by atoms with E-state index in [-0.39, 0.29) is 0 Å². The maximum atomic E-state index is 12.8. The van der Waals surface area contributed by atoms with Crippen molar-refractivity contribution < 1.29 is 40.6 Å². The minimum absolute atomic E-state index is 2.17. The number of hydrogen-bond acceptors (Lipinski definition) is 3. The number of hydrogen-bond donors (Lipinski definition) is 0. The van der Waals surface area contributed by atoms with Gasteiger partial charge in [0, 0.05) is 0 Å². The maximum Gasteiger partial charge on any atom is 0.493 e. The Morgan fingerprint density at radius 1 is 1.07 bits per heavy atom. The summed E-state index contributed by atoms with van der Waals surface area (Å²) in [7, 11) is 0. The molecule has 1 saturated heterocycles. The fraction of sp³-hybridized carbons (Fsp3) is 0.800. The quantitative estimate of drug-likeness (QED) is 0.529. The monoisotopic (exact) mass is 224 g/mol. The number of carbonyl (C=O) groups is 1. The molecule has 82 valence electrons. The third-order valence-corrected chi connectivity index (χ3v) is 1.33. The molecular weight excluding hydrogens is 222 g/mol. The van der Waals surface area contributed by atoms with Gasteiger partial charge in [0.2, 0.25) is 0 Å². The van der Waals surface area contributed by atoms with Crippen molar-refractivity contribution in [2.45, 2.75) is 24.7 Å². The van der Waals surface area contributed by atoms with Crippen LogP contribution in [-0.2, 0) is 14.3 Å². The number of carbonyl (C=O) groups excluding carboxylic acids is 1. The molecule has 14 heavy (non-hydrogen) atoms. The molecule has 0 amide bonds. The van der Waals surface area contributed by atoms with Crippen LogP contribution in [0.1, 0.15) is 6.42 Å². The molecule has 0 bridgehead atoms. The summed E-state index contributed by atoms with van der Waals surface area (Å²) < 4.78 is 78.4. The summed E-state index contributed by atoms with van der Waals surface area (Å²) in [6, 6.07) is -2.56. The predicted octanol–water partition coefficient (Wildman–Crippen LogP) is 1.73. The fourth-order valence-electron chi connectivity index (χ4n) is 0.812. The summed E-state index contributed by atoms with van der Waals surface area (Å²) >= 11 is 0. The van der Waals surface area contributed by atoms with Gasteiger partial charge in [-0.2, -0.15) is 13.2 Å². The third-order valence-electron chi connectivity index (χ3n) is 1.33. The van der Waals surface area contributed by atoms with E-state index in [2.05, 4.69) is 9.47 Å². The molecular formula is C5H2F6O3. The van der Waals surface area contributed by atoms with Crippen molar-refractivity contribution in [2.75, 3.05) is 0 Å². The molecule has 9 heteroatoms. The van der Waals surface area contributed by atoms with E-state index in [9.17, 15) is 31.1 Å². The van der Waals surface area contributed by atoms with Gasteiger partial charge in [-0.3, -0.25) is 4.79 Å². The van der Waals surface area contributed by atoms with Crippen LogP contribution in [0.5, 0.6) is 0 Å². The Hall–Kier alpha value is -0.830. The van der Waals surface area contributed by atoms with Crippen molar-refractivity contribution in [3.8, 4) is 0 Å². The average Bonchev–Trinajstić information content (AvgIpc) is 1.91. The van der Waals surface area contributed by atoms with Crippen molar-refractivity contribution in [2.24, 2.45) is 0 Å². The smallest absolute Gasteiger partial charge is 0.261 e. The average molecular weight is 224 g/mol. The molecule has 0 aromatic rings. The van der Waals surface area contributed by atoms with Crippen molar-refractivity contribution in [1.82, 2.24) is 0 Å². The molecule has 1 heterocycles. The molecule has 1 aliphatic rings. The van der Waals surface area contributed by atoms with Gasteiger partial charge in [0.05, 0.1) is 0 Å². The zero-order valence-electron chi connectivity index (χ0n) is 6.20. The molecule has 0 spiro atoms. The van der Waals surface area contributed by atoms with Gasteiger partial charge in [-0.25, -0.2) is 13.9 Å². The lowest BCUT2D eigenvalue weighted by Crippen LogP contribution is -2.42. The van der Waals surface area contributed by atoms with Gasteiger partial charge in [0.1, 0.15) is 6.42 Å². The van der Waals surface area contributed by atoms with Crippen molar-refractivity contribution in [3.05, 3.63) is 0 Å². The lowest BCUT2D eigenvalue weighted by atomic mass is 10.2. The second kappa shape index (κ2) is 2.83. The predicted molar refractivity (Wildman–Crippen MR) is 26.6 cm³/mol. The van der Waals surface area contributed by atoms with Gasteiger partial charge < -0.3 is 0 Å². The van der Waals surface area contributed by atoms with Crippen LogP contribution in [0.4, 0.5) is 26.3 Å². The van der Waals surface area contributed by atoms with Crippen LogP contribution in [0, 0.1) is 0 Å². The van der Waals surface area contributed by atoms with E-state index in [1.807, 2.05) is 0 Å². The number of ether oxygens (including phenoxy) is 2. The first-order chi connectivity index (χ1) is 6.08. The molecule has 1 unspecified atom stereocenters. The van der Waals surface area contributed by atoms with E-state index in [1.54, 1.807) is 0 Å². The largest absolute Gasteiger partial charge is 0.493 e. The molecule has 1 aliphatic heterocycles. The SMILES string of the molecule is O=C(F)CC1(F)OC(F)(F)OC1(F)F. The van der Waals surface area contributed by atoms with Crippen molar-refractivity contribution in [3.63, 3.8) is 0 Å². The highest BCUT2D eigenvalue weighted by molar-refractivity contribution is 5.69. The van der Waals surface area contributed by atoms with Crippen LogP contribution in [0.3, 0.4) is 0 Å². The summed E-state index contributed by atoms with van der Waals surface area (Å²) in [5.41, 5.74) is 0. The number of rotatable bonds is 2. The number of halogens is 6. The Labute approximate surface area is 72.6 Å². The van der Waals surface area contributed by atoms with Crippen LogP contribution < -0.4 is 0 Å². The van der Waals surface area contributed by atoms with Crippen LogP contribution >= 0.6 is 0 Å². The Morgan fingerprint density at radius 3 is 1.86 bits per heavy atom. The van der Waals surface area contributed by atoms with E-state index in [0.29, 0.717) is 0 Å². The first kappa shape index (κ1) is 11.2. The van der Waals surface area contributed by atoms with Crippen molar-refractivity contribution in [1.29, 1.82) is 0 Å². The van der Waals surface area contributed by atoms with E-state index >= 15 is 0 Å². The molecule has 0 aromatic heterocycles. The van der Waals surface area contributed by atoms with Gasteiger partial charge in [0.15, 0.2) is 0 Å². The summed E-state index contributed by atoms with van der Waals surface area (Å²) in [5, 5.41) is 0. The second-order valence-electron chi connectivity index (χ2n) is 2.44. The van der Waals surface area contributed by atoms with Crippen LogP contribution in [-0.4, -0.2) is 24.3 Å². The minimum Gasteiger partial charge on any atom is -0.261 e. The molecule has 1 atom stereocenters. The standard InChI is InChI=1S/C5H2F6O3/c6-2(12)1-3(7)4(8,9)14-5(10,11)13-3/h1H2. The van der Waals surface area contributed by atoms with Gasteiger partial charge in [-0.05, 0) is 0 Å². The molecule has 0 radical (unpaired) electrons. The Balaban J connectivity index is 2.93. The zero-order valence-corrected chi connectivity index (χ0v) is 6.20. The molecule has 3 nitrogen and oxygen atoms in total. The van der Waals surface area contributed by atoms with Crippen LogP contribution in [0.25, 0.3) is 0 Å². The number of alkyl halides is 5. The van der Waals surface area contributed by atoms with E-state index in [4.69, 9.17) is 0 Å². The third kappa shape index (κ3) is 1.82. The zero-order chi connectivity index (χ0) is 11.2. The molecule has 1 rings (SSSR count). The van der Waals surface area contributed by atoms with Gasteiger partial charge in [-0.1, -0.05) is 0 Å². The minimum atomic E-state index is -5.09. The molecule has 1 fully saturated rings. The Kier molecular flexibility index (Phi) is 2.27. The van der Waals surface area contributed by atoms with E-state index in [0.717, 1.165) is 0 Å². The summed E-state index contributed by atoms with van der Waals surface area (Å²) in [5.74, 6) is -4.48. The molecule has 0 saturated carbocycles. The van der Waals surface area contributed by atoms with Crippen LogP contribution in [0.2, 0.25) is 0 Å². The van der Waals surface area contributed by atoms with E-state index in [1.165, 1.54) is 0 Å². The fourth-order valence-corrected chi connectivity index (χ4v) is 0.812. The van der Waals surface area contributed by atoms with E-state index < -0.39 is 30.7 Å². The first-order valence-corrected chi connectivity index (χ1v) is 3.11. The molecule has 0 aromatic carbocycles. The highest BCUT2D eigenvalue weighted by Crippen LogP contribution is 2.50.